The molecule has 11 heteroatoms. The molecule has 36 heavy (non-hydrogen) atoms. The van der Waals surface area contributed by atoms with Crippen molar-refractivity contribution in [3.8, 4) is 5.69 Å². The number of rotatable bonds is 5. The van der Waals surface area contributed by atoms with Crippen LogP contribution >= 0.6 is 11.6 Å². The number of ketones is 1. The molecule has 0 saturated heterocycles. The van der Waals surface area contributed by atoms with Gasteiger partial charge in [0.15, 0.2) is 11.8 Å². The van der Waals surface area contributed by atoms with E-state index < -0.39 is 34.8 Å². The Hall–Kier alpha value is -3.27. The summed E-state index contributed by atoms with van der Waals surface area (Å²) in [6, 6.07) is 6.39. The molecule has 2 saturated carbocycles. The normalized spacial score (nSPS) is 21.6. The van der Waals surface area contributed by atoms with Gasteiger partial charge < -0.3 is 5.11 Å². The van der Waals surface area contributed by atoms with E-state index in [1.807, 2.05) is 0 Å². The van der Waals surface area contributed by atoms with E-state index in [9.17, 15) is 27.9 Å². The van der Waals surface area contributed by atoms with Gasteiger partial charge in [0.1, 0.15) is 10.9 Å². The number of hydrogen-bond donors (Lipinski definition) is 1. The topological polar surface area (TPSA) is 97.4 Å². The van der Waals surface area contributed by atoms with Crippen LogP contribution in [-0.4, -0.2) is 48.5 Å². The van der Waals surface area contributed by atoms with E-state index >= 15 is 0 Å². The Morgan fingerprint density at radius 2 is 1.89 bits per heavy atom. The highest BCUT2D eigenvalue weighted by molar-refractivity contribution is 6.54. The number of carboxylic acid groups (broad SMARTS) is 1. The zero-order chi connectivity index (χ0) is 25.7. The van der Waals surface area contributed by atoms with Crippen LogP contribution in [0.1, 0.15) is 43.5 Å². The lowest BCUT2D eigenvalue weighted by Crippen LogP contribution is -2.61. The Bertz CT molecular complexity index is 1360. The van der Waals surface area contributed by atoms with Gasteiger partial charge >= 0.3 is 12.1 Å². The highest BCUT2D eigenvalue weighted by Gasteiger charge is 2.58. The third-order valence-electron chi connectivity index (χ3n) is 7.05. The van der Waals surface area contributed by atoms with Gasteiger partial charge in [0, 0.05) is 18.3 Å². The molecule has 2 heterocycles. The number of fused-ring (bicyclic) bond motifs is 1. The Labute approximate surface area is 209 Å². The maximum Gasteiger partial charge on any atom is 0.450 e. The number of carbonyl (C=O) groups excluding carboxylic acids is 1. The molecule has 1 unspecified atom stereocenters. The Morgan fingerprint density at radius 1 is 1.19 bits per heavy atom. The monoisotopic (exact) mass is 518 g/mol. The fourth-order valence-electron chi connectivity index (χ4n) is 5.25. The van der Waals surface area contributed by atoms with Gasteiger partial charge in [0.2, 0.25) is 5.82 Å². The molecule has 0 amide bonds. The number of nitrogens with zero attached hydrogens (tertiary/aromatic N) is 4. The van der Waals surface area contributed by atoms with E-state index in [1.54, 1.807) is 12.1 Å². The summed E-state index contributed by atoms with van der Waals surface area (Å²) in [7, 11) is 0. The number of hydrogen-bond acceptors (Lipinski definition) is 5. The van der Waals surface area contributed by atoms with Crippen molar-refractivity contribution in [2.24, 2.45) is 10.4 Å². The number of alkyl halides is 4. The first-order valence-electron chi connectivity index (χ1n) is 11.6. The number of Topliss-reactive ketones (excluding diaryl/α,β-unsaturated/α-hetero) is 1. The fourth-order valence-corrected chi connectivity index (χ4v) is 5.72. The number of aromatic nitrogens is 3. The van der Waals surface area contributed by atoms with E-state index in [0.717, 1.165) is 23.8 Å². The number of benzene rings is 1. The van der Waals surface area contributed by atoms with E-state index in [0.29, 0.717) is 24.1 Å². The molecule has 1 spiro atoms. The second-order valence-electron chi connectivity index (χ2n) is 9.24. The summed E-state index contributed by atoms with van der Waals surface area (Å²) in [6.45, 7) is 0. The van der Waals surface area contributed by atoms with Gasteiger partial charge in [-0.25, -0.2) is 9.78 Å². The van der Waals surface area contributed by atoms with Crippen LogP contribution in [0.4, 0.5) is 13.2 Å². The third-order valence-corrected chi connectivity index (χ3v) is 7.46. The summed E-state index contributed by atoms with van der Waals surface area (Å²) >= 11 is 6.24. The number of carbonyl (C=O) groups is 2. The quantitative estimate of drug-likeness (QED) is 0.478. The lowest BCUT2D eigenvalue weighted by Gasteiger charge is -2.47. The molecule has 0 aliphatic heterocycles. The molecule has 7 nitrogen and oxygen atoms in total. The molecule has 3 aromatic rings. The number of aliphatic imine (C=N–C) groups is 1. The van der Waals surface area contributed by atoms with Gasteiger partial charge in [-0.15, -0.1) is 11.6 Å². The molecule has 2 aliphatic rings. The summed E-state index contributed by atoms with van der Waals surface area (Å²) in [5.74, 6) is -2.32. The number of imidazole rings is 1. The van der Waals surface area contributed by atoms with Crippen molar-refractivity contribution >= 4 is 40.1 Å². The van der Waals surface area contributed by atoms with Crippen molar-refractivity contribution in [3.63, 3.8) is 0 Å². The molecule has 2 fully saturated rings. The highest BCUT2D eigenvalue weighted by Crippen LogP contribution is 2.49. The summed E-state index contributed by atoms with van der Waals surface area (Å²) in [6.07, 6.45) is 1.99. The van der Waals surface area contributed by atoms with Crippen LogP contribution in [0.15, 0.2) is 47.7 Å². The van der Waals surface area contributed by atoms with Crippen molar-refractivity contribution < 1.29 is 27.9 Å². The average molecular weight is 519 g/mol. The minimum atomic E-state index is -4.68. The molecule has 2 aliphatic carbocycles. The Morgan fingerprint density at radius 3 is 2.53 bits per heavy atom. The summed E-state index contributed by atoms with van der Waals surface area (Å²) in [4.78, 5) is 36.5. The van der Waals surface area contributed by atoms with Gasteiger partial charge in [0.05, 0.1) is 22.8 Å². The standard InChI is InChI=1S/C25H22ClF3N4O3/c26-19-20(24(21(19)34)9-2-1-3-10-24)31-16(22(35)36)12-14-4-6-15(7-5-14)33-18-8-11-30-13-17(18)32-23(33)25(27,28)29/h4-8,11,13,16,19H,1-3,9-10,12H2,(H,35,36)/t16-,19?/m0/s1. The van der Waals surface area contributed by atoms with Gasteiger partial charge in [-0.2, -0.15) is 13.2 Å². The van der Waals surface area contributed by atoms with E-state index in [1.165, 1.54) is 30.6 Å². The van der Waals surface area contributed by atoms with Crippen LogP contribution in [0.2, 0.25) is 0 Å². The van der Waals surface area contributed by atoms with Crippen LogP contribution < -0.4 is 0 Å². The molecule has 5 rings (SSSR count). The van der Waals surface area contributed by atoms with Crippen molar-refractivity contribution in [1.82, 2.24) is 14.5 Å². The lowest BCUT2D eigenvalue weighted by molar-refractivity contribution is -0.145. The number of pyridine rings is 1. The largest absolute Gasteiger partial charge is 0.480 e. The minimum Gasteiger partial charge on any atom is -0.480 e. The molecule has 1 aromatic carbocycles. The van der Waals surface area contributed by atoms with E-state index in [-0.39, 0.29) is 28.9 Å². The predicted molar refractivity (Wildman–Crippen MR) is 127 cm³/mol. The summed E-state index contributed by atoms with van der Waals surface area (Å²) in [5.41, 5.74) is 0.867. The van der Waals surface area contributed by atoms with Gasteiger partial charge in [-0.05, 0) is 36.6 Å². The summed E-state index contributed by atoms with van der Waals surface area (Å²) in [5, 5.41) is 8.91. The average Bonchev–Trinajstić information content (AvgIpc) is 3.27. The van der Waals surface area contributed by atoms with Crippen LogP contribution in [0, 0.1) is 5.41 Å². The Balaban J connectivity index is 1.44. The molecule has 0 bridgehead atoms. The first-order chi connectivity index (χ1) is 17.1. The summed E-state index contributed by atoms with van der Waals surface area (Å²) < 4.78 is 42.0. The van der Waals surface area contributed by atoms with Crippen molar-refractivity contribution in [1.29, 1.82) is 0 Å². The maximum atomic E-state index is 13.7. The zero-order valence-corrected chi connectivity index (χ0v) is 19.8. The molecule has 2 atom stereocenters. The fraction of sp³-hybridized carbons (Fsp3) is 0.400. The number of aliphatic carboxylic acids is 1. The minimum absolute atomic E-state index is 0.00766. The number of carboxylic acids is 1. The Kier molecular flexibility index (Phi) is 6.10. The van der Waals surface area contributed by atoms with Gasteiger partial charge in [0.25, 0.3) is 0 Å². The second-order valence-corrected chi connectivity index (χ2v) is 9.68. The lowest BCUT2D eigenvalue weighted by atomic mass is 9.58. The molecule has 2 aromatic heterocycles. The zero-order valence-electron chi connectivity index (χ0n) is 19.0. The first kappa shape index (κ1) is 24.4. The second kappa shape index (κ2) is 8.99. The third kappa shape index (κ3) is 4.07. The molecule has 188 valence electrons. The molecule has 0 radical (unpaired) electrons. The number of halogens is 4. The van der Waals surface area contributed by atoms with E-state index in [2.05, 4.69) is 15.0 Å². The molecule has 1 N–H and O–H groups in total. The predicted octanol–water partition coefficient (Wildman–Crippen LogP) is 5.02. The first-order valence-corrected chi connectivity index (χ1v) is 12.0. The molecular weight excluding hydrogens is 497 g/mol. The van der Waals surface area contributed by atoms with Gasteiger partial charge in [-0.1, -0.05) is 31.4 Å². The van der Waals surface area contributed by atoms with Crippen LogP contribution in [0.3, 0.4) is 0 Å². The van der Waals surface area contributed by atoms with E-state index in [4.69, 9.17) is 11.6 Å². The van der Waals surface area contributed by atoms with Crippen LogP contribution in [0.25, 0.3) is 16.7 Å². The maximum absolute atomic E-state index is 13.7. The SMILES string of the molecule is O=C(O)[C@H](Cc1ccc(-n2c(C(F)(F)F)nc3cnccc32)cc1)N=C1C(Cl)C(=O)C12CCCCC2. The highest BCUT2D eigenvalue weighted by atomic mass is 35.5. The van der Waals surface area contributed by atoms with Crippen LogP contribution in [-0.2, 0) is 22.2 Å². The van der Waals surface area contributed by atoms with Crippen molar-refractivity contribution in [3.05, 3.63) is 54.1 Å². The van der Waals surface area contributed by atoms with Crippen molar-refractivity contribution in [2.45, 2.75) is 56.1 Å². The van der Waals surface area contributed by atoms with Crippen LogP contribution in [0.5, 0.6) is 0 Å². The molecular formula is C25H22ClF3N4O3. The smallest absolute Gasteiger partial charge is 0.450 e. The van der Waals surface area contributed by atoms with Crippen molar-refractivity contribution in [2.75, 3.05) is 0 Å². The van der Waals surface area contributed by atoms with Gasteiger partial charge in [-0.3, -0.25) is 19.3 Å².